The van der Waals surface area contributed by atoms with E-state index in [4.69, 9.17) is 4.52 Å². The second-order valence-electron chi connectivity index (χ2n) is 6.80. The van der Waals surface area contributed by atoms with Crippen molar-refractivity contribution in [1.29, 1.82) is 0 Å². The van der Waals surface area contributed by atoms with Gasteiger partial charge in [0.15, 0.2) is 0 Å². The van der Waals surface area contributed by atoms with Crippen LogP contribution in [0.1, 0.15) is 46.1 Å². The molecular formula is C19H16BrN3O2. The van der Waals surface area contributed by atoms with Crippen molar-refractivity contribution < 1.29 is 9.32 Å². The van der Waals surface area contributed by atoms with Gasteiger partial charge >= 0.3 is 0 Å². The smallest absolute Gasteiger partial charge is 0.259 e. The number of aryl methyl sites for hydroxylation is 1. The lowest BCUT2D eigenvalue weighted by Gasteiger charge is -2.18. The highest BCUT2D eigenvalue weighted by Crippen LogP contribution is 2.41. The summed E-state index contributed by atoms with van der Waals surface area (Å²) in [4.78, 5) is 19.8. The zero-order valence-electron chi connectivity index (χ0n) is 13.8. The first-order chi connectivity index (χ1) is 12.1. The average Bonchev–Trinajstić information content (AvgIpc) is 3.28. The zero-order valence-corrected chi connectivity index (χ0v) is 15.3. The predicted octanol–water partition coefficient (Wildman–Crippen LogP) is 4.37. The predicted molar refractivity (Wildman–Crippen MR) is 98.0 cm³/mol. The van der Waals surface area contributed by atoms with Gasteiger partial charge < -0.3 is 9.42 Å². The number of carbonyl (C=O) groups excluding carboxylic acids is 1. The number of benzene rings is 1. The fraction of sp³-hybridized carbons (Fsp3) is 0.316. The molecule has 126 valence electrons. The van der Waals surface area contributed by atoms with Gasteiger partial charge in [0, 0.05) is 28.3 Å². The van der Waals surface area contributed by atoms with Crippen molar-refractivity contribution in [3.05, 3.63) is 51.3 Å². The fourth-order valence-corrected chi connectivity index (χ4v) is 4.01. The third-order valence-electron chi connectivity index (χ3n) is 5.05. The first-order valence-corrected chi connectivity index (χ1v) is 9.28. The van der Waals surface area contributed by atoms with Gasteiger partial charge in [-0.1, -0.05) is 21.1 Å². The maximum Gasteiger partial charge on any atom is 0.259 e. The third-order valence-corrected chi connectivity index (χ3v) is 5.54. The third kappa shape index (κ3) is 2.39. The van der Waals surface area contributed by atoms with Gasteiger partial charge in [0.25, 0.3) is 11.6 Å². The summed E-state index contributed by atoms with van der Waals surface area (Å²) in [6.07, 6.45) is 3.12. The van der Waals surface area contributed by atoms with Crippen molar-refractivity contribution in [2.75, 3.05) is 11.4 Å². The Labute approximate surface area is 153 Å². The lowest BCUT2D eigenvalue weighted by atomic mass is 10.1. The Morgan fingerprint density at radius 3 is 2.96 bits per heavy atom. The number of fused-ring (bicyclic) bond motifs is 2. The van der Waals surface area contributed by atoms with Crippen molar-refractivity contribution in [2.45, 2.75) is 32.1 Å². The van der Waals surface area contributed by atoms with E-state index in [9.17, 15) is 4.79 Å². The van der Waals surface area contributed by atoms with Crippen LogP contribution in [0.4, 0.5) is 5.69 Å². The van der Waals surface area contributed by atoms with E-state index >= 15 is 0 Å². The number of rotatable bonds is 2. The summed E-state index contributed by atoms with van der Waals surface area (Å²) in [6, 6.07) is 8.02. The minimum absolute atomic E-state index is 0.00155. The largest absolute Gasteiger partial charge is 0.336 e. The highest BCUT2D eigenvalue weighted by molar-refractivity contribution is 9.10. The van der Waals surface area contributed by atoms with Crippen molar-refractivity contribution >= 4 is 38.6 Å². The quantitative estimate of drug-likeness (QED) is 0.643. The molecule has 0 radical (unpaired) electrons. The van der Waals surface area contributed by atoms with E-state index in [1.807, 2.05) is 30.0 Å². The van der Waals surface area contributed by atoms with E-state index in [-0.39, 0.29) is 5.91 Å². The molecule has 25 heavy (non-hydrogen) atoms. The van der Waals surface area contributed by atoms with E-state index in [1.165, 1.54) is 5.56 Å². The summed E-state index contributed by atoms with van der Waals surface area (Å²) in [5.41, 5.74) is 4.96. The monoisotopic (exact) mass is 397 g/mol. The molecule has 0 N–H and O–H groups in total. The van der Waals surface area contributed by atoms with E-state index in [0.29, 0.717) is 29.4 Å². The minimum atomic E-state index is 0.00155. The molecule has 2 aromatic heterocycles. The molecule has 1 aliphatic carbocycles. The fourth-order valence-electron chi connectivity index (χ4n) is 3.60. The topological polar surface area (TPSA) is 59.2 Å². The molecule has 6 heteroatoms. The number of hydrogen-bond donors (Lipinski definition) is 0. The molecule has 3 aromatic rings. The van der Waals surface area contributed by atoms with Gasteiger partial charge in [-0.25, -0.2) is 4.98 Å². The molecule has 0 spiro atoms. The van der Waals surface area contributed by atoms with Crippen molar-refractivity contribution in [3.8, 4) is 0 Å². The molecule has 1 amide bonds. The molecule has 0 atom stereocenters. The Morgan fingerprint density at radius 2 is 2.16 bits per heavy atom. The standard InChI is InChI=1S/C19H16BrN3O2/c1-10-17-14(9-15(11-2-3-11)21-18(17)25-22-10)19(24)23-7-6-12-8-13(20)4-5-16(12)23/h4-5,8-9,11H,2-3,6-7H2,1H3. The van der Waals surface area contributed by atoms with E-state index in [0.717, 1.165) is 40.5 Å². The van der Waals surface area contributed by atoms with Crippen LogP contribution in [0.2, 0.25) is 0 Å². The number of pyridine rings is 1. The molecule has 1 aliphatic heterocycles. The van der Waals surface area contributed by atoms with Gasteiger partial charge in [0.05, 0.1) is 16.6 Å². The van der Waals surface area contributed by atoms with E-state index in [2.05, 4.69) is 32.1 Å². The molecule has 0 saturated heterocycles. The zero-order chi connectivity index (χ0) is 17.1. The lowest BCUT2D eigenvalue weighted by molar-refractivity contribution is 0.0990. The van der Waals surface area contributed by atoms with Crippen LogP contribution >= 0.6 is 15.9 Å². The van der Waals surface area contributed by atoms with Crippen LogP contribution in [0.3, 0.4) is 0 Å². The van der Waals surface area contributed by atoms with Gasteiger partial charge in [-0.3, -0.25) is 4.79 Å². The molecule has 2 aliphatic rings. The van der Waals surface area contributed by atoms with Crippen LogP contribution in [-0.4, -0.2) is 22.6 Å². The highest BCUT2D eigenvalue weighted by atomic mass is 79.9. The van der Waals surface area contributed by atoms with Gasteiger partial charge in [-0.2, -0.15) is 0 Å². The first kappa shape index (κ1) is 15.1. The van der Waals surface area contributed by atoms with Gasteiger partial charge in [0.1, 0.15) is 0 Å². The molecule has 3 heterocycles. The Hall–Kier alpha value is -2.21. The van der Waals surface area contributed by atoms with Gasteiger partial charge in [-0.15, -0.1) is 0 Å². The normalized spacial score (nSPS) is 16.5. The Kier molecular flexibility index (Phi) is 3.25. The SMILES string of the molecule is Cc1noc2nc(C3CC3)cc(C(=O)N3CCc4cc(Br)ccc43)c12. The van der Waals surface area contributed by atoms with Crippen LogP contribution < -0.4 is 4.90 Å². The summed E-state index contributed by atoms with van der Waals surface area (Å²) in [7, 11) is 0. The number of anilines is 1. The second-order valence-corrected chi connectivity index (χ2v) is 7.71. The molecule has 5 nitrogen and oxygen atoms in total. The molecule has 0 unspecified atom stereocenters. The maximum atomic E-state index is 13.4. The van der Waals surface area contributed by atoms with Crippen LogP contribution in [0.5, 0.6) is 0 Å². The van der Waals surface area contributed by atoms with Crippen LogP contribution in [0.25, 0.3) is 11.1 Å². The van der Waals surface area contributed by atoms with Crippen LogP contribution in [0, 0.1) is 6.92 Å². The number of nitrogens with zero attached hydrogens (tertiary/aromatic N) is 3. The summed E-state index contributed by atoms with van der Waals surface area (Å²) in [5.74, 6) is 0.449. The lowest BCUT2D eigenvalue weighted by Crippen LogP contribution is -2.29. The number of aromatic nitrogens is 2. The Balaban J connectivity index is 1.64. The van der Waals surface area contributed by atoms with E-state index < -0.39 is 0 Å². The maximum absolute atomic E-state index is 13.4. The summed E-state index contributed by atoms with van der Waals surface area (Å²) < 4.78 is 6.41. The first-order valence-electron chi connectivity index (χ1n) is 8.49. The molecule has 1 saturated carbocycles. The molecule has 1 aromatic carbocycles. The van der Waals surface area contributed by atoms with Gasteiger partial charge in [0.2, 0.25) is 0 Å². The second kappa shape index (κ2) is 5.39. The summed E-state index contributed by atoms with van der Waals surface area (Å²) in [6.45, 7) is 2.55. The van der Waals surface area contributed by atoms with Crippen molar-refractivity contribution in [1.82, 2.24) is 10.1 Å². The molecular weight excluding hydrogens is 382 g/mol. The number of hydrogen-bond acceptors (Lipinski definition) is 4. The highest BCUT2D eigenvalue weighted by Gasteiger charge is 2.32. The van der Waals surface area contributed by atoms with E-state index in [1.54, 1.807) is 0 Å². The molecule has 0 bridgehead atoms. The number of carbonyl (C=O) groups is 1. The summed E-state index contributed by atoms with van der Waals surface area (Å²) in [5, 5.41) is 4.76. The van der Waals surface area contributed by atoms with Crippen LogP contribution in [-0.2, 0) is 6.42 Å². The Morgan fingerprint density at radius 1 is 1.32 bits per heavy atom. The van der Waals surface area contributed by atoms with Crippen molar-refractivity contribution in [2.24, 2.45) is 0 Å². The number of halogens is 1. The Bertz CT molecular complexity index is 1020. The molecule has 1 fully saturated rings. The van der Waals surface area contributed by atoms with Gasteiger partial charge in [-0.05, 0) is 56.0 Å². The van der Waals surface area contributed by atoms with Crippen LogP contribution in [0.15, 0.2) is 33.3 Å². The average molecular weight is 398 g/mol. The van der Waals surface area contributed by atoms with Crippen molar-refractivity contribution in [3.63, 3.8) is 0 Å². The minimum Gasteiger partial charge on any atom is -0.336 e. The summed E-state index contributed by atoms with van der Waals surface area (Å²) >= 11 is 3.50. The molecule has 5 rings (SSSR count). The number of amides is 1.